The number of terminal acetylenes is 1. The number of allylic oxidation sites excluding steroid dienone is 19. The lowest BCUT2D eigenvalue weighted by molar-refractivity contribution is 0.469. The number of hydrogen-bond acceptors (Lipinski definition) is 0. The van der Waals surface area contributed by atoms with Gasteiger partial charge >= 0.3 is 0 Å². The molecule has 0 spiro atoms. The maximum Gasteiger partial charge on any atom is 0.0991 e. The fourth-order valence-corrected chi connectivity index (χ4v) is 19.0. The van der Waals surface area contributed by atoms with E-state index in [4.69, 9.17) is 6.42 Å². The highest BCUT2D eigenvalue weighted by molar-refractivity contribution is 6.11. The van der Waals surface area contributed by atoms with Crippen molar-refractivity contribution in [2.24, 2.45) is 23.7 Å². The van der Waals surface area contributed by atoms with Crippen molar-refractivity contribution >= 4 is 75.2 Å². The topological polar surface area (TPSA) is 24.6 Å². The minimum Gasteiger partial charge on any atom is -0.307 e. The third-order valence-corrected chi connectivity index (χ3v) is 23.4. The summed E-state index contributed by atoms with van der Waals surface area (Å²) in [4.78, 5) is 0. The van der Waals surface area contributed by atoms with Gasteiger partial charge in [0.1, 0.15) is 0 Å². The molecule has 0 bridgehead atoms. The van der Waals surface area contributed by atoms with Crippen LogP contribution in [0, 0.1) is 36.0 Å². The molecule has 10 aliphatic rings. The van der Waals surface area contributed by atoms with Gasteiger partial charge in [-0.2, -0.15) is 0 Å². The molecule has 0 radical (unpaired) electrons. The van der Waals surface area contributed by atoms with E-state index < -0.39 is 0 Å². The third kappa shape index (κ3) is 8.71. The Morgan fingerprint density at radius 1 is 0.330 bits per heavy atom. The highest BCUT2D eigenvalue weighted by Crippen LogP contribution is 2.54. The first-order valence-corrected chi connectivity index (χ1v) is 36.1. The number of aromatic nitrogens is 5. The lowest BCUT2D eigenvalue weighted by atomic mass is 9.77. The second kappa shape index (κ2) is 22.8. The van der Waals surface area contributed by atoms with Crippen molar-refractivity contribution in [2.45, 2.75) is 103 Å². The Labute approximate surface area is 568 Å². The normalized spacial score (nSPS) is 20.6. The minimum atomic E-state index is 0.217. The zero-order valence-electron chi connectivity index (χ0n) is 55.0. The average Bonchev–Trinajstić information content (AvgIpc) is 1.57. The van der Waals surface area contributed by atoms with Crippen molar-refractivity contribution in [3.8, 4) is 51.9 Å². The molecule has 5 aromatic carbocycles. The van der Waals surface area contributed by atoms with E-state index in [2.05, 4.69) is 272 Å². The predicted molar refractivity (Wildman–Crippen MR) is 406 cm³/mol. The van der Waals surface area contributed by atoms with Gasteiger partial charge in [0.15, 0.2) is 0 Å². The van der Waals surface area contributed by atoms with Crippen LogP contribution < -0.4 is 0 Å². The molecule has 0 N–H and O–H groups in total. The van der Waals surface area contributed by atoms with Gasteiger partial charge in [-0.15, -0.1) is 6.42 Å². The molecule has 0 aliphatic heterocycles. The summed E-state index contributed by atoms with van der Waals surface area (Å²) in [5.74, 6) is 5.02. The molecule has 0 saturated carbocycles. The second-order valence-corrected chi connectivity index (χ2v) is 28.5. The van der Waals surface area contributed by atoms with Crippen LogP contribution in [0.15, 0.2) is 212 Å². The fraction of sp³-hybridized carbons (Fsp3) is 0.217. The average molecular weight is 1250 g/mol. The zero-order chi connectivity index (χ0) is 63.8. The van der Waals surface area contributed by atoms with Gasteiger partial charge in [0, 0.05) is 67.9 Å². The summed E-state index contributed by atoms with van der Waals surface area (Å²) in [6.07, 6.45) is 82.8. The molecule has 0 fully saturated rings. The Hall–Kier alpha value is -10.5. The number of fused-ring (bicyclic) bond motifs is 15. The van der Waals surface area contributed by atoms with Gasteiger partial charge in [-0.05, 0) is 243 Å². The van der Waals surface area contributed by atoms with Crippen LogP contribution in [0.1, 0.15) is 142 Å². The second-order valence-electron chi connectivity index (χ2n) is 28.5. The standard InChI is InChI=1S/C92H77N5/c1-2-67-88(93-78-41-21-15-35-68(78)69-36-16-22-42-79(69)93)90(96-84-51-47-63(59-27-7-3-8-28-59)55-74(84)75-56-64(48-52-85(75)96)60-29-9-4-10-30-60)92(95-82-45-25-19-39-72(82)73-40-20-26-46-83(73)95)91(89(67)94-80-43-23-17-37-70(80)71-38-18-24-44-81(71)94)97-86-53-49-65(61-31-11-5-12-32-61)57-76(86)77-58-66(50-54-87(77)97)62-33-13-6-14-34-62/h1,3,5,7-9,11-13,19-31,33-34,39-55,61,64-66H,4,6,10,14-18,32,35-38,56-58H2. The molecule has 0 saturated heterocycles. The summed E-state index contributed by atoms with van der Waals surface area (Å²) < 4.78 is 13.6. The molecule has 97 heavy (non-hydrogen) atoms. The molecular weight excluding hydrogens is 1180 g/mol. The highest BCUT2D eigenvalue weighted by Gasteiger charge is 2.42. The Bertz CT molecular complexity index is 5410. The molecule has 20 rings (SSSR count). The van der Waals surface area contributed by atoms with Gasteiger partial charge in [0.25, 0.3) is 0 Å². The summed E-state index contributed by atoms with van der Waals surface area (Å²) in [7, 11) is 0. The molecule has 10 aromatic rings. The van der Waals surface area contributed by atoms with Crippen molar-refractivity contribution in [3.63, 3.8) is 0 Å². The molecule has 4 atom stereocenters. The molecular formula is C92H77N5. The number of benzene rings is 5. The highest BCUT2D eigenvalue weighted by atomic mass is 15.2. The Kier molecular flexibility index (Phi) is 13.4. The minimum absolute atomic E-state index is 0.217. The molecule has 0 amide bonds. The maximum atomic E-state index is 7.92. The Balaban J connectivity index is 1.04. The number of nitrogens with zero attached hydrogens (tertiary/aromatic N) is 5. The monoisotopic (exact) mass is 1250 g/mol. The molecule has 4 unspecified atom stereocenters. The van der Waals surface area contributed by atoms with E-state index in [0.717, 1.165) is 148 Å². The number of rotatable bonds is 9. The van der Waals surface area contributed by atoms with E-state index in [9.17, 15) is 0 Å². The van der Waals surface area contributed by atoms with E-state index in [0.29, 0.717) is 11.8 Å². The van der Waals surface area contributed by atoms with Crippen molar-refractivity contribution in [1.29, 1.82) is 0 Å². The third-order valence-electron chi connectivity index (χ3n) is 23.4. The molecule has 5 heteroatoms. The smallest absolute Gasteiger partial charge is 0.0991 e. The Morgan fingerprint density at radius 2 is 0.804 bits per heavy atom. The van der Waals surface area contributed by atoms with E-state index >= 15 is 0 Å². The van der Waals surface area contributed by atoms with Crippen LogP contribution in [-0.4, -0.2) is 22.8 Å². The van der Waals surface area contributed by atoms with Crippen molar-refractivity contribution < 1.29 is 0 Å². The maximum absolute atomic E-state index is 7.92. The molecule has 5 nitrogen and oxygen atoms in total. The lowest BCUT2D eigenvalue weighted by Gasteiger charge is -2.33. The number of para-hydroxylation sites is 2. The van der Waals surface area contributed by atoms with E-state index in [1.54, 1.807) is 0 Å². The van der Waals surface area contributed by atoms with E-state index in [1.807, 2.05) is 0 Å². The lowest BCUT2D eigenvalue weighted by Crippen LogP contribution is -2.23. The molecule has 5 aromatic heterocycles. The fourth-order valence-electron chi connectivity index (χ4n) is 19.0. The predicted octanol–water partition coefficient (Wildman–Crippen LogP) is 21.8. The number of hydrogen-bond donors (Lipinski definition) is 0. The van der Waals surface area contributed by atoms with Crippen LogP contribution in [-0.2, 0) is 44.9 Å². The van der Waals surface area contributed by atoms with E-state index in [1.165, 1.54) is 123 Å². The Morgan fingerprint density at radius 3 is 1.35 bits per heavy atom. The van der Waals surface area contributed by atoms with Crippen molar-refractivity contribution in [2.75, 3.05) is 0 Å². The first kappa shape index (κ1) is 56.8. The van der Waals surface area contributed by atoms with Crippen LogP contribution >= 0.6 is 0 Å². The molecule has 10 aliphatic carbocycles. The summed E-state index contributed by atoms with van der Waals surface area (Å²) in [6, 6.07) is 36.9. The summed E-state index contributed by atoms with van der Waals surface area (Å²) in [6.45, 7) is 0. The van der Waals surface area contributed by atoms with Crippen LogP contribution in [0.25, 0.3) is 115 Å². The van der Waals surface area contributed by atoms with Crippen LogP contribution in [0.2, 0.25) is 0 Å². The van der Waals surface area contributed by atoms with Gasteiger partial charge in [-0.25, -0.2) is 0 Å². The van der Waals surface area contributed by atoms with Crippen LogP contribution in [0.5, 0.6) is 0 Å². The van der Waals surface area contributed by atoms with E-state index in [-0.39, 0.29) is 11.8 Å². The van der Waals surface area contributed by atoms with Crippen LogP contribution in [0.3, 0.4) is 0 Å². The van der Waals surface area contributed by atoms with Crippen molar-refractivity contribution in [1.82, 2.24) is 22.8 Å². The van der Waals surface area contributed by atoms with Gasteiger partial charge in [-0.3, -0.25) is 0 Å². The SMILES string of the molecule is C#Cc1c(-n2c3c(c4c2C=CCC4)CCC=C3)c(-n2c3c(c4c2C=CC(C2C=CC=CC2)C4)CC(C2=CCCC=C2)C=C3)c(-n2c3ccccc3c3ccccc32)c(-n2c3c(c4cc(-c5ccccc5)ccc42)CC(C2=CCCC=C2)C=C3)c1-n1c2c(c3c1C=CCC3)CCC=C2. The van der Waals surface area contributed by atoms with Crippen molar-refractivity contribution in [3.05, 3.63) is 296 Å². The molecule has 5 heterocycles. The first-order valence-electron chi connectivity index (χ1n) is 36.1. The summed E-state index contributed by atoms with van der Waals surface area (Å²) in [5, 5.41) is 3.71. The quantitative estimate of drug-likeness (QED) is 0.129. The van der Waals surface area contributed by atoms with Gasteiger partial charge < -0.3 is 22.8 Å². The summed E-state index contributed by atoms with van der Waals surface area (Å²) in [5.41, 5.74) is 33.8. The first-order chi connectivity index (χ1) is 48.1. The summed E-state index contributed by atoms with van der Waals surface area (Å²) >= 11 is 0. The van der Waals surface area contributed by atoms with Gasteiger partial charge in [-0.1, -0.05) is 182 Å². The van der Waals surface area contributed by atoms with Gasteiger partial charge in [0.2, 0.25) is 0 Å². The largest absolute Gasteiger partial charge is 0.307 e. The van der Waals surface area contributed by atoms with Crippen LogP contribution in [0.4, 0.5) is 0 Å². The molecule has 470 valence electrons. The zero-order valence-corrected chi connectivity index (χ0v) is 55.0. The van der Waals surface area contributed by atoms with Gasteiger partial charge in [0.05, 0.1) is 50.6 Å².